The second kappa shape index (κ2) is 10.1. The molecule has 1 aliphatic rings. The zero-order valence-corrected chi connectivity index (χ0v) is 19.0. The van der Waals surface area contributed by atoms with Gasteiger partial charge in [0.05, 0.1) is 4.90 Å². The standard InChI is InChI=1S/C25H27N3O4S/c29-25(30)24(19-20-7-3-1-4-8-20)26-33(31,32)23-13-11-22(12-14-23)28-17-15-27(16-18-28)21-9-5-2-6-10-21/h1-14,24,26H,15-19H2,(H,29,30)/t24-/m0/s1. The molecule has 1 heterocycles. The van der Waals surface area contributed by atoms with Gasteiger partial charge in [0.15, 0.2) is 0 Å². The first-order valence-electron chi connectivity index (χ1n) is 10.9. The van der Waals surface area contributed by atoms with Crippen molar-refractivity contribution in [2.24, 2.45) is 0 Å². The van der Waals surface area contributed by atoms with Crippen molar-refractivity contribution in [3.05, 3.63) is 90.5 Å². The summed E-state index contributed by atoms with van der Waals surface area (Å²) in [4.78, 5) is 16.3. The topological polar surface area (TPSA) is 89.9 Å². The van der Waals surface area contributed by atoms with Crippen molar-refractivity contribution in [3.8, 4) is 0 Å². The third kappa shape index (κ3) is 5.71. The van der Waals surface area contributed by atoms with Crippen molar-refractivity contribution in [2.75, 3.05) is 36.0 Å². The molecule has 1 saturated heterocycles. The summed E-state index contributed by atoms with van der Waals surface area (Å²) in [5.41, 5.74) is 2.89. The quantitative estimate of drug-likeness (QED) is 0.532. The maximum atomic E-state index is 12.8. The molecular weight excluding hydrogens is 438 g/mol. The van der Waals surface area contributed by atoms with Gasteiger partial charge in [-0.15, -0.1) is 0 Å². The van der Waals surface area contributed by atoms with Crippen LogP contribution >= 0.6 is 0 Å². The van der Waals surface area contributed by atoms with Crippen molar-refractivity contribution in [2.45, 2.75) is 17.4 Å². The summed E-state index contributed by atoms with van der Waals surface area (Å²) in [5, 5.41) is 9.53. The first-order chi connectivity index (χ1) is 15.9. The number of para-hydroxylation sites is 1. The van der Waals surface area contributed by atoms with Gasteiger partial charge in [-0.05, 0) is 48.4 Å². The van der Waals surface area contributed by atoms with Gasteiger partial charge in [-0.3, -0.25) is 4.79 Å². The molecule has 1 aliphatic heterocycles. The van der Waals surface area contributed by atoms with Gasteiger partial charge in [0.2, 0.25) is 10.0 Å². The number of nitrogens with one attached hydrogen (secondary N) is 1. The first kappa shape index (κ1) is 22.8. The second-order valence-electron chi connectivity index (χ2n) is 8.01. The summed E-state index contributed by atoms with van der Waals surface area (Å²) in [6, 6.07) is 24.6. The van der Waals surface area contributed by atoms with Crippen LogP contribution in [-0.2, 0) is 21.2 Å². The average Bonchev–Trinajstić information content (AvgIpc) is 2.85. The molecule has 4 rings (SSSR count). The minimum Gasteiger partial charge on any atom is -0.480 e. The van der Waals surface area contributed by atoms with Crippen molar-refractivity contribution in [3.63, 3.8) is 0 Å². The summed E-state index contributed by atoms with van der Waals surface area (Å²) >= 11 is 0. The van der Waals surface area contributed by atoms with Crippen LogP contribution in [0, 0.1) is 0 Å². The Hall–Kier alpha value is -3.36. The molecule has 0 aliphatic carbocycles. The summed E-state index contributed by atoms with van der Waals surface area (Å²) < 4.78 is 28.0. The van der Waals surface area contributed by atoms with Crippen molar-refractivity contribution in [1.82, 2.24) is 4.72 Å². The number of aliphatic carboxylic acids is 1. The predicted octanol–water partition coefficient (Wildman–Crippen LogP) is 2.99. The zero-order valence-electron chi connectivity index (χ0n) is 18.2. The molecule has 0 saturated carbocycles. The second-order valence-corrected chi connectivity index (χ2v) is 9.72. The Labute approximate surface area is 194 Å². The summed E-state index contributed by atoms with van der Waals surface area (Å²) in [6.07, 6.45) is 0.0686. The molecule has 8 heteroatoms. The van der Waals surface area contributed by atoms with E-state index in [1.165, 1.54) is 17.8 Å². The zero-order chi connectivity index (χ0) is 23.3. The van der Waals surface area contributed by atoms with Gasteiger partial charge in [-0.2, -0.15) is 4.72 Å². The molecule has 33 heavy (non-hydrogen) atoms. The highest BCUT2D eigenvalue weighted by Crippen LogP contribution is 2.22. The summed E-state index contributed by atoms with van der Waals surface area (Å²) in [6.45, 7) is 3.42. The van der Waals surface area contributed by atoms with Gasteiger partial charge < -0.3 is 14.9 Å². The molecule has 0 radical (unpaired) electrons. The number of carboxylic acids is 1. The number of carboxylic acid groups (broad SMARTS) is 1. The molecule has 3 aromatic carbocycles. The van der Waals surface area contributed by atoms with Crippen LogP contribution in [0.3, 0.4) is 0 Å². The smallest absolute Gasteiger partial charge is 0.322 e. The molecule has 0 spiro atoms. The number of piperazine rings is 1. The monoisotopic (exact) mass is 465 g/mol. The van der Waals surface area contributed by atoms with E-state index in [0.29, 0.717) is 0 Å². The van der Waals surface area contributed by atoms with Gasteiger partial charge in [-0.25, -0.2) is 8.42 Å². The van der Waals surface area contributed by atoms with E-state index in [1.807, 2.05) is 24.3 Å². The predicted molar refractivity (Wildman–Crippen MR) is 129 cm³/mol. The molecule has 0 aromatic heterocycles. The number of hydrogen-bond acceptors (Lipinski definition) is 5. The minimum atomic E-state index is -3.97. The number of rotatable bonds is 8. The molecule has 0 amide bonds. The van der Waals surface area contributed by atoms with Crippen molar-refractivity contribution < 1.29 is 18.3 Å². The molecule has 1 fully saturated rings. The molecule has 0 unspecified atom stereocenters. The number of sulfonamides is 1. The third-order valence-electron chi connectivity index (χ3n) is 5.79. The molecular formula is C25H27N3O4S. The lowest BCUT2D eigenvalue weighted by Gasteiger charge is -2.37. The Kier molecular flexibility index (Phi) is 6.96. The van der Waals surface area contributed by atoms with Crippen LogP contribution in [0.5, 0.6) is 0 Å². The molecule has 1 atom stereocenters. The lowest BCUT2D eigenvalue weighted by atomic mass is 10.1. The highest BCUT2D eigenvalue weighted by atomic mass is 32.2. The lowest BCUT2D eigenvalue weighted by molar-refractivity contribution is -0.138. The lowest BCUT2D eigenvalue weighted by Crippen LogP contribution is -2.46. The maximum absolute atomic E-state index is 12.8. The van der Waals surface area contributed by atoms with E-state index >= 15 is 0 Å². The molecule has 2 N–H and O–H groups in total. The van der Waals surface area contributed by atoms with E-state index in [-0.39, 0.29) is 11.3 Å². The van der Waals surface area contributed by atoms with Crippen molar-refractivity contribution >= 4 is 27.4 Å². The van der Waals surface area contributed by atoms with Gasteiger partial charge in [-0.1, -0.05) is 48.5 Å². The Morgan fingerprint density at radius 1 is 0.788 bits per heavy atom. The highest BCUT2D eigenvalue weighted by molar-refractivity contribution is 7.89. The number of benzene rings is 3. The minimum absolute atomic E-state index is 0.0495. The van der Waals surface area contributed by atoms with Crippen LogP contribution in [0.4, 0.5) is 11.4 Å². The number of nitrogens with zero attached hydrogens (tertiary/aromatic N) is 2. The van der Waals surface area contributed by atoms with E-state index in [0.717, 1.165) is 37.4 Å². The Morgan fingerprint density at radius 2 is 1.27 bits per heavy atom. The van der Waals surface area contributed by atoms with Crippen LogP contribution < -0.4 is 14.5 Å². The summed E-state index contributed by atoms with van der Waals surface area (Å²) in [7, 11) is -3.97. The highest BCUT2D eigenvalue weighted by Gasteiger charge is 2.26. The Morgan fingerprint density at radius 3 is 1.79 bits per heavy atom. The molecule has 3 aromatic rings. The van der Waals surface area contributed by atoms with Crippen LogP contribution in [0.1, 0.15) is 5.56 Å². The van der Waals surface area contributed by atoms with Crippen LogP contribution in [0.15, 0.2) is 89.8 Å². The van der Waals surface area contributed by atoms with Crippen LogP contribution in [0.25, 0.3) is 0 Å². The van der Waals surface area contributed by atoms with Gasteiger partial charge >= 0.3 is 5.97 Å². The van der Waals surface area contributed by atoms with E-state index in [2.05, 4.69) is 26.7 Å². The first-order valence-corrected chi connectivity index (χ1v) is 12.3. The number of hydrogen-bond donors (Lipinski definition) is 2. The van der Waals surface area contributed by atoms with Crippen LogP contribution in [0.2, 0.25) is 0 Å². The maximum Gasteiger partial charge on any atom is 0.322 e. The van der Waals surface area contributed by atoms with Crippen LogP contribution in [-0.4, -0.2) is 51.7 Å². The molecule has 172 valence electrons. The molecule has 7 nitrogen and oxygen atoms in total. The fourth-order valence-corrected chi connectivity index (χ4v) is 5.17. The van der Waals surface area contributed by atoms with Gasteiger partial charge in [0.1, 0.15) is 6.04 Å². The normalized spacial score (nSPS) is 15.3. The van der Waals surface area contributed by atoms with Gasteiger partial charge in [0, 0.05) is 37.6 Å². The summed E-state index contributed by atoms with van der Waals surface area (Å²) in [5.74, 6) is -1.21. The van der Waals surface area contributed by atoms with E-state index < -0.39 is 22.0 Å². The number of carbonyl (C=O) groups is 1. The fourth-order valence-electron chi connectivity index (χ4n) is 3.98. The van der Waals surface area contributed by atoms with E-state index in [1.54, 1.807) is 36.4 Å². The fraction of sp³-hybridized carbons (Fsp3) is 0.240. The van der Waals surface area contributed by atoms with E-state index in [9.17, 15) is 18.3 Å². The SMILES string of the molecule is O=C(O)[C@H](Cc1ccccc1)NS(=O)(=O)c1ccc(N2CCN(c3ccccc3)CC2)cc1. The van der Waals surface area contributed by atoms with Crippen molar-refractivity contribution in [1.29, 1.82) is 0 Å². The number of anilines is 2. The molecule has 0 bridgehead atoms. The average molecular weight is 466 g/mol. The Balaban J connectivity index is 1.40. The Bertz CT molecular complexity index is 1160. The largest absolute Gasteiger partial charge is 0.480 e. The third-order valence-corrected chi connectivity index (χ3v) is 7.28. The van der Waals surface area contributed by atoms with Gasteiger partial charge in [0.25, 0.3) is 0 Å². The van der Waals surface area contributed by atoms with E-state index in [4.69, 9.17) is 0 Å².